The maximum absolute atomic E-state index is 12.2. The summed E-state index contributed by atoms with van der Waals surface area (Å²) in [5.41, 5.74) is 1.35. The average Bonchev–Trinajstić information content (AvgIpc) is 3.13. The Morgan fingerprint density at radius 2 is 2.32 bits per heavy atom. The van der Waals surface area contributed by atoms with Crippen LogP contribution in [0.2, 0.25) is 0 Å². The number of amides is 1. The van der Waals surface area contributed by atoms with Gasteiger partial charge in [0.2, 0.25) is 0 Å². The lowest BCUT2D eigenvalue weighted by Crippen LogP contribution is -2.43. The molecule has 0 radical (unpaired) electrons. The zero-order chi connectivity index (χ0) is 12.8. The van der Waals surface area contributed by atoms with Crippen LogP contribution in [0.15, 0.2) is 24.9 Å². The van der Waals surface area contributed by atoms with E-state index >= 15 is 0 Å². The molecular weight excluding hydrogens is 242 g/mol. The van der Waals surface area contributed by atoms with Gasteiger partial charge in [-0.3, -0.25) is 9.20 Å². The van der Waals surface area contributed by atoms with Crippen LogP contribution in [0, 0.1) is 5.92 Å². The van der Waals surface area contributed by atoms with E-state index < -0.39 is 0 Å². The molecule has 2 fully saturated rings. The highest BCUT2D eigenvalue weighted by Gasteiger charge is 2.38. The van der Waals surface area contributed by atoms with Gasteiger partial charge in [-0.05, 0) is 24.9 Å². The van der Waals surface area contributed by atoms with Crippen LogP contribution >= 0.6 is 0 Å². The van der Waals surface area contributed by atoms with Crippen molar-refractivity contribution in [1.29, 1.82) is 0 Å². The molecule has 4 heterocycles. The third kappa shape index (κ3) is 1.79. The van der Waals surface area contributed by atoms with Gasteiger partial charge in [-0.1, -0.05) is 0 Å². The molecule has 2 bridgehead atoms. The molecule has 19 heavy (non-hydrogen) atoms. The molecule has 1 N–H and O–H groups in total. The normalized spacial score (nSPS) is 28.9. The molecule has 4 rings (SSSR count). The summed E-state index contributed by atoms with van der Waals surface area (Å²) in [7, 11) is 0. The van der Waals surface area contributed by atoms with Crippen LogP contribution in [0.5, 0.6) is 0 Å². The molecule has 2 aliphatic heterocycles. The van der Waals surface area contributed by atoms with Gasteiger partial charge >= 0.3 is 0 Å². The fourth-order valence-corrected chi connectivity index (χ4v) is 3.14. The van der Waals surface area contributed by atoms with Crippen LogP contribution in [-0.2, 0) is 0 Å². The van der Waals surface area contributed by atoms with E-state index in [0.717, 1.165) is 18.6 Å². The Morgan fingerprint density at radius 3 is 3.11 bits per heavy atom. The molecule has 98 valence electrons. The molecule has 0 aromatic carbocycles. The smallest absolute Gasteiger partial charge is 0.270 e. The summed E-state index contributed by atoms with van der Waals surface area (Å²) < 4.78 is 1.79. The van der Waals surface area contributed by atoms with Gasteiger partial charge in [-0.25, -0.2) is 9.97 Å². The lowest BCUT2D eigenvalue weighted by atomic mass is 10.00. The zero-order valence-corrected chi connectivity index (χ0v) is 10.5. The van der Waals surface area contributed by atoms with Gasteiger partial charge < -0.3 is 10.2 Å². The number of aromatic nitrogens is 3. The molecule has 0 saturated carbocycles. The van der Waals surface area contributed by atoms with Crippen molar-refractivity contribution in [3.05, 3.63) is 30.6 Å². The summed E-state index contributed by atoms with van der Waals surface area (Å²) in [4.78, 5) is 22.8. The van der Waals surface area contributed by atoms with Crippen molar-refractivity contribution in [2.45, 2.75) is 12.5 Å². The fourth-order valence-electron chi connectivity index (χ4n) is 3.14. The minimum absolute atomic E-state index is 0.0811. The Morgan fingerprint density at radius 1 is 1.37 bits per heavy atom. The van der Waals surface area contributed by atoms with Crippen LogP contribution in [0.3, 0.4) is 0 Å². The Hall–Kier alpha value is -1.95. The highest BCUT2D eigenvalue weighted by molar-refractivity contribution is 5.93. The molecule has 2 aromatic heterocycles. The maximum Gasteiger partial charge on any atom is 0.270 e. The number of fused-ring (bicyclic) bond motifs is 3. The van der Waals surface area contributed by atoms with E-state index in [1.54, 1.807) is 29.3 Å². The number of hydrogen-bond donors (Lipinski definition) is 1. The van der Waals surface area contributed by atoms with Gasteiger partial charge in [-0.15, -0.1) is 0 Å². The van der Waals surface area contributed by atoms with Crippen molar-refractivity contribution in [3.8, 4) is 0 Å². The van der Waals surface area contributed by atoms with E-state index in [1.807, 2.05) is 0 Å². The molecule has 2 aromatic rings. The SMILES string of the molecule is O=C(N[C@H]1CN2CC[C@H]1C2)c1cc2cncn2cn1. The topological polar surface area (TPSA) is 62.5 Å². The van der Waals surface area contributed by atoms with Crippen molar-refractivity contribution in [3.63, 3.8) is 0 Å². The number of nitrogens with one attached hydrogen (secondary N) is 1. The van der Waals surface area contributed by atoms with Crippen molar-refractivity contribution < 1.29 is 4.79 Å². The summed E-state index contributed by atoms with van der Waals surface area (Å²) in [5, 5.41) is 3.11. The van der Waals surface area contributed by atoms with E-state index in [-0.39, 0.29) is 11.9 Å². The monoisotopic (exact) mass is 257 g/mol. The minimum Gasteiger partial charge on any atom is -0.346 e. The highest BCUT2D eigenvalue weighted by atomic mass is 16.2. The summed E-state index contributed by atoms with van der Waals surface area (Å²) in [6.07, 6.45) is 6.22. The molecule has 0 aliphatic carbocycles. The van der Waals surface area contributed by atoms with E-state index in [9.17, 15) is 4.79 Å². The van der Waals surface area contributed by atoms with Gasteiger partial charge in [0.15, 0.2) is 0 Å². The Kier molecular flexibility index (Phi) is 2.32. The molecule has 1 unspecified atom stereocenters. The summed E-state index contributed by atoms with van der Waals surface area (Å²) in [6.45, 7) is 3.28. The van der Waals surface area contributed by atoms with Crippen molar-refractivity contribution >= 4 is 11.4 Å². The second kappa shape index (κ2) is 4.03. The lowest BCUT2D eigenvalue weighted by molar-refractivity contribution is 0.0919. The standard InChI is InChI=1S/C13H15N5O/c19-13(16-12-6-17-2-1-9(12)5-17)11-3-10-4-14-7-18(10)8-15-11/h3-4,7-9,12H,1-2,5-6H2,(H,16,19)/t9-,12-/m0/s1. The number of hydrogen-bond acceptors (Lipinski definition) is 4. The van der Waals surface area contributed by atoms with Crippen LogP contribution in [0.25, 0.3) is 5.52 Å². The Labute approximate surface area is 110 Å². The molecule has 1 amide bonds. The molecule has 2 aliphatic rings. The molecule has 6 nitrogen and oxygen atoms in total. The van der Waals surface area contributed by atoms with Gasteiger partial charge in [0, 0.05) is 19.1 Å². The molecule has 3 atom stereocenters. The quantitative estimate of drug-likeness (QED) is 0.832. The summed E-state index contributed by atoms with van der Waals surface area (Å²) in [5.74, 6) is 0.532. The van der Waals surface area contributed by atoms with Crippen LogP contribution in [0.4, 0.5) is 0 Å². The van der Waals surface area contributed by atoms with E-state index in [0.29, 0.717) is 11.6 Å². The fraction of sp³-hybridized carbons (Fsp3) is 0.462. The van der Waals surface area contributed by atoms with Crippen molar-refractivity contribution in [2.24, 2.45) is 5.92 Å². The zero-order valence-electron chi connectivity index (χ0n) is 10.5. The number of nitrogens with zero attached hydrogens (tertiary/aromatic N) is 4. The second-order valence-electron chi connectivity index (χ2n) is 5.39. The number of piperidine rings is 1. The first kappa shape index (κ1) is 10.9. The Bertz CT molecular complexity index is 637. The summed E-state index contributed by atoms with van der Waals surface area (Å²) in [6, 6.07) is 2.06. The predicted molar refractivity (Wildman–Crippen MR) is 68.8 cm³/mol. The molecule has 6 heteroatoms. The number of rotatable bonds is 2. The number of carbonyl (C=O) groups excluding carboxylic acids is 1. The van der Waals surface area contributed by atoms with Crippen molar-refractivity contribution in [1.82, 2.24) is 24.6 Å². The van der Waals surface area contributed by atoms with Crippen LogP contribution < -0.4 is 5.32 Å². The van der Waals surface area contributed by atoms with Gasteiger partial charge in [0.1, 0.15) is 18.3 Å². The predicted octanol–water partition coefficient (Wildman–Crippen LogP) is 0.163. The maximum atomic E-state index is 12.2. The van der Waals surface area contributed by atoms with Gasteiger partial charge in [0.05, 0.1) is 11.7 Å². The third-order valence-electron chi connectivity index (χ3n) is 4.18. The van der Waals surface area contributed by atoms with E-state index in [1.165, 1.54) is 13.0 Å². The molecular formula is C13H15N5O. The second-order valence-corrected chi connectivity index (χ2v) is 5.39. The van der Waals surface area contributed by atoms with Gasteiger partial charge in [-0.2, -0.15) is 0 Å². The van der Waals surface area contributed by atoms with Crippen molar-refractivity contribution in [2.75, 3.05) is 19.6 Å². The average molecular weight is 257 g/mol. The first-order chi connectivity index (χ1) is 9.29. The third-order valence-corrected chi connectivity index (χ3v) is 4.18. The van der Waals surface area contributed by atoms with E-state index in [2.05, 4.69) is 20.2 Å². The highest BCUT2D eigenvalue weighted by Crippen LogP contribution is 2.27. The van der Waals surface area contributed by atoms with Crippen LogP contribution in [-0.4, -0.2) is 50.9 Å². The minimum atomic E-state index is -0.0811. The van der Waals surface area contributed by atoms with Crippen LogP contribution in [0.1, 0.15) is 16.9 Å². The van der Waals surface area contributed by atoms with E-state index in [4.69, 9.17) is 0 Å². The van der Waals surface area contributed by atoms with Gasteiger partial charge in [0.25, 0.3) is 5.91 Å². The Balaban J connectivity index is 1.53. The largest absolute Gasteiger partial charge is 0.346 e. The number of carbonyl (C=O) groups is 1. The molecule has 0 spiro atoms. The first-order valence-electron chi connectivity index (χ1n) is 6.60. The summed E-state index contributed by atoms with van der Waals surface area (Å²) >= 11 is 0. The first-order valence-corrected chi connectivity index (χ1v) is 6.60. The molecule has 2 saturated heterocycles. The lowest BCUT2D eigenvalue weighted by Gasteiger charge is -2.22. The number of imidazole rings is 1.